The Balaban J connectivity index is 1.24. The van der Waals surface area contributed by atoms with Crippen LogP contribution in [0.1, 0.15) is 0 Å². The molecule has 0 aliphatic carbocycles. The van der Waals surface area contributed by atoms with Crippen molar-refractivity contribution >= 4 is 77.2 Å². The van der Waals surface area contributed by atoms with Crippen LogP contribution in [0.5, 0.6) is 0 Å². The van der Waals surface area contributed by atoms with Crippen molar-refractivity contribution in [2.45, 2.75) is 0 Å². The van der Waals surface area contributed by atoms with Gasteiger partial charge < -0.3 is 4.57 Å². The summed E-state index contributed by atoms with van der Waals surface area (Å²) in [6.07, 6.45) is 0. The molecule has 1 atom stereocenters. The Morgan fingerprint density at radius 3 is 1.80 bits per heavy atom. The molecule has 51 heavy (non-hydrogen) atoms. The predicted octanol–water partition coefficient (Wildman–Crippen LogP) is 10.9. The number of hydrogen-bond acceptors (Lipinski definition) is 2. The van der Waals surface area contributed by atoms with Gasteiger partial charge in [-0.05, 0) is 84.5 Å². The average molecular weight is 669 g/mol. The van der Waals surface area contributed by atoms with Crippen LogP contribution in [0, 0.1) is 0 Å². The van der Waals surface area contributed by atoms with E-state index in [1.54, 1.807) is 0 Å². The topological polar surface area (TPSA) is 34.9 Å². The van der Waals surface area contributed by atoms with Gasteiger partial charge >= 0.3 is 0 Å². The van der Waals surface area contributed by atoms with E-state index in [2.05, 4.69) is 120 Å². The van der Waals surface area contributed by atoms with E-state index in [4.69, 9.17) is 4.98 Å². The molecule has 1 aliphatic rings. The molecule has 9 aromatic carbocycles. The van der Waals surface area contributed by atoms with Gasteiger partial charge in [-0.15, -0.1) is 0 Å². The maximum Gasteiger partial charge on any atom is 0.175 e. The Morgan fingerprint density at radius 2 is 1.04 bits per heavy atom. The molecule has 0 bridgehead atoms. The number of nitrogens with zero attached hydrogens (tertiary/aromatic N) is 2. The summed E-state index contributed by atoms with van der Waals surface area (Å²) in [5, 5.41) is 12.1. The second-order valence-corrected chi connectivity index (χ2v) is 16.1. The number of benzene rings is 9. The van der Waals surface area contributed by atoms with E-state index in [-0.39, 0.29) is 0 Å². The van der Waals surface area contributed by atoms with Crippen molar-refractivity contribution in [2.75, 3.05) is 0 Å². The monoisotopic (exact) mass is 668 g/mol. The van der Waals surface area contributed by atoms with Crippen molar-refractivity contribution in [2.24, 2.45) is 0 Å². The molecule has 1 unspecified atom stereocenters. The SMILES string of the molecule is O=P1(c2ccccc2)c2ccccc2-n2c(-c3c4ccccc4c(-c4ccc5c(ccc6ccccc65)c4)c4ccccc34)nc3cccc1c32. The van der Waals surface area contributed by atoms with Gasteiger partial charge in [0.05, 0.1) is 16.7 Å². The lowest BCUT2D eigenvalue weighted by Gasteiger charge is -2.29. The predicted molar refractivity (Wildman–Crippen MR) is 215 cm³/mol. The minimum absolute atomic E-state index is 0.831. The number of fused-ring (bicyclic) bond motifs is 7. The van der Waals surface area contributed by atoms with E-state index in [0.29, 0.717) is 0 Å². The normalized spacial score (nSPS) is 15.2. The quantitative estimate of drug-likeness (QED) is 0.107. The van der Waals surface area contributed by atoms with E-state index in [0.717, 1.165) is 54.8 Å². The van der Waals surface area contributed by atoms with Crippen LogP contribution in [-0.4, -0.2) is 9.55 Å². The van der Waals surface area contributed by atoms with E-state index >= 15 is 4.57 Å². The van der Waals surface area contributed by atoms with Gasteiger partial charge in [0, 0.05) is 21.5 Å². The first-order valence-corrected chi connectivity index (χ1v) is 19.0. The first-order valence-electron chi connectivity index (χ1n) is 17.3. The van der Waals surface area contributed by atoms with Crippen molar-refractivity contribution in [3.8, 4) is 28.2 Å². The molecule has 10 aromatic rings. The molecule has 4 heteroatoms. The van der Waals surface area contributed by atoms with Gasteiger partial charge in [0.15, 0.2) is 7.14 Å². The molecular formula is C47H29N2OP. The van der Waals surface area contributed by atoms with Crippen LogP contribution in [0.25, 0.3) is 82.3 Å². The van der Waals surface area contributed by atoms with Crippen LogP contribution < -0.4 is 15.9 Å². The molecule has 238 valence electrons. The zero-order chi connectivity index (χ0) is 33.7. The third-order valence-corrected chi connectivity index (χ3v) is 13.9. The first kappa shape index (κ1) is 28.5. The van der Waals surface area contributed by atoms with Crippen molar-refractivity contribution < 1.29 is 4.57 Å². The summed E-state index contributed by atoms with van der Waals surface area (Å²) in [7, 11) is -3.18. The smallest absolute Gasteiger partial charge is 0.175 e. The summed E-state index contributed by atoms with van der Waals surface area (Å²) < 4.78 is 17.8. The minimum atomic E-state index is -3.18. The highest BCUT2D eigenvalue weighted by Crippen LogP contribution is 2.51. The second kappa shape index (κ2) is 10.6. The molecule has 2 heterocycles. The lowest BCUT2D eigenvalue weighted by Crippen LogP contribution is -2.32. The minimum Gasteiger partial charge on any atom is -0.308 e. The molecule has 0 saturated heterocycles. The Morgan fingerprint density at radius 1 is 0.451 bits per heavy atom. The fraction of sp³-hybridized carbons (Fsp3) is 0. The summed E-state index contributed by atoms with van der Waals surface area (Å²) in [5.41, 5.74) is 6.14. The molecule has 0 amide bonds. The maximum absolute atomic E-state index is 15.6. The first-order chi connectivity index (χ1) is 25.2. The van der Waals surface area contributed by atoms with Crippen LogP contribution >= 0.6 is 7.14 Å². The number of para-hydroxylation sites is 2. The van der Waals surface area contributed by atoms with Crippen LogP contribution in [-0.2, 0) is 4.57 Å². The second-order valence-electron chi connectivity index (χ2n) is 13.4. The summed E-state index contributed by atoms with van der Waals surface area (Å²) >= 11 is 0. The van der Waals surface area contributed by atoms with Crippen LogP contribution in [0.2, 0.25) is 0 Å². The lowest BCUT2D eigenvalue weighted by atomic mass is 9.87. The zero-order valence-corrected chi connectivity index (χ0v) is 28.4. The molecule has 11 rings (SSSR count). The lowest BCUT2D eigenvalue weighted by molar-refractivity contribution is 0.592. The fourth-order valence-corrected chi connectivity index (χ4v) is 11.6. The molecule has 0 radical (unpaired) electrons. The highest BCUT2D eigenvalue weighted by molar-refractivity contribution is 7.86. The summed E-state index contributed by atoms with van der Waals surface area (Å²) in [6, 6.07) is 61.6. The highest BCUT2D eigenvalue weighted by Gasteiger charge is 2.40. The third kappa shape index (κ3) is 3.90. The Bertz CT molecular complexity index is 3070. The Hall–Kier alpha value is -6.28. The van der Waals surface area contributed by atoms with E-state index in [1.807, 2.05) is 60.7 Å². The van der Waals surface area contributed by atoms with Gasteiger partial charge in [0.1, 0.15) is 5.82 Å². The van der Waals surface area contributed by atoms with Crippen LogP contribution in [0.3, 0.4) is 0 Å². The van der Waals surface area contributed by atoms with E-state index in [1.165, 1.54) is 43.4 Å². The summed E-state index contributed by atoms with van der Waals surface area (Å²) in [4.78, 5) is 5.43. The highest BCUT2D eigenvalue weighted by atomic mass is 31.2. The maximum atomic E-state index is 15.6. The van der Waals surface area contributed by atoms with E-state index < -0.39 is 7.14 Å². The van der Waals surface area contributed by atoms with Gasteiger partial charge in [-0.25, -0.2) is 4.98 Å². The molecule has 0 spiro atoms. The Labute approximate surface area is 294 Å². The molecule has 1 aliphatic heterocycles. The Kier molecular flexibility index (Phi) is 5.94. The number of imidazole rings is 1. The molecule has 0 fully saturated rings. The largest absolute Gasteiger partial charge is 0.308 e. The summed E-state index contributed by atoms with van der Waals surface area (Å²) in [5.74, 6) is 0.855. The van der Waals surface area contributed by atoms with Crippen molar-refractivity contribution in [3.05, 3.63) is 176 Å². The van der Waals surface area contributed by atoms with Crippen molar-refractivity contribution in [3.63, 3.8) is 0 Å². The van der Waals surface area contributed by atoms with Gasteiger partial charge in [0.2, 0.25) is 0 Å². The molecule has 0 saturated carbocycles. The number of rotatable bonds is 3. The fourth-order valence-electron chi connectivity index (χ4n) is 8.58. The molecule has 0 N–H and O–H groups in total. The molecule has 3 nitrogen and oxygen atoms in total. The van der Waals surface area contributed by atoms with Gasteiger partial charge in [-0.2, -0.15) is 0 Å². The van der Waals surface area contributed by atoms with Crippen LogP contribution in [0.15, 0.2) is 176 Å². The van der Waals surface area contributed by atoms with E-state index in [9.17, 15) is 0 Å². The molecule has 1 aromatic heterocycles. The van der Waals surface area contributed by atoms with Gasteiger partial charge in [-0.1, -0.05) is 146 Å². The van der Waals surface area contributed by atoms with Crippen molar-refractivity contribution in [1.29, 1.82) is 0 Å². The van der Waals surface area contributed by atoms with Crippen molar-refractivity contribution in [1.82, 2.24) is 9.55 Å². The van der Waals surface area contributed by atoms with Gasteiger partial charge in [-0.3, -0.25) is 4.57 Å². The average Bonchev–Trinajstić information content (AvgIpc) is 3.58. The molecular weight excluding hydrogens is 640 g/mol. The summed E-state index contributed by atoms with van der Waals surface area (Å²) in [6.45, 7) is 0. The van der Waals surface area contributed by atoms with Crippen LogP contribution in [0.4, 0.5) is 0 Å². The zero-order valence-electron chi connectivity index (χ0n) is 27.5. The number of hydrogen-bond donors (Lipinski definition) is 0. The van der Waals surface area contributed by atoms with Gasteiger partial charge in [0.25, 0.3) is 0 Å². The standard InChI is InChI=1S/C47H29N2OP/c50-51(33-14-2-1-3-15-33)42-23-11-10-22-41(42)49-46-40(21-12-24-43(46)51)48-47(49)45-38-19-8-6-17-36(38)44(37-18-7-9-20-39(37)45)32-27-28-35-31(29-32)26-25-30-13-4-5-16-34(30)35/h1-29H. The third-order valence-electron chi connectivity index (χ3n) is 10.8. The number of aromatic nitrogens is 2.